The van der Waals surface area contributed by atoms with Crippen molar-refractivity contribution in [3.05, 3.63) is 11.8 Å². The molecule has 0 atom stereocenters. The second-order valence-corrected chi connectivity index (χ2v) is 2.98. The Morgan fingerprint density at radius 1 is 1.65 bits per heavy atom. The molecule has 1 amide bonds. The molecule has 1 aromatic heterocycles. The van der Waals surface area contributed by atoms with Gasteiger partial charge in [0.25, 0.3) is 0 Å². The summed E-state index contributed by atoms with van der Waals surface area (Å²) in [7, 11) is 0. The Morgan fingerprint density at radius 2 is 2.29 bits per heavy atom. The SMILES string of the molecule is NC(=NO)c1cn[nH]c1NC(=O)CC(F)(F)F. The van der Waals surface area contributed by atoms with Crippen molar-refractivity contribution in [2.45, 2.75) is 12.6 Å². The summed E-state index contributed by atoms with van der Waals surface area (Å²) in [5, 5.41) is 18.6. The Balaban J connectivity index is 2.76. The molecule has 7 nitrogen and oxygen atoms in total. The Bertz CT molecular complexity index is 439. The first-order valence-electron chi connectivity index (χ1n) is 4.21. The lowest BCUT2D eigenvalue weighted by Crippen LogP contribution is -2.23. The standard InChI is InChI=1S/C7H8F3N5O2/c8-7(9,10)1-4(16)13-6-3(2-12-14-6)5(11)15-17/h2,17H,1H2,(H2,11,15)(H2,12,13,14,16). The topological polar surface area (TPSA) is 116 Å². The van der Waals surface area contributed by atoms with Gasteiger partial charge in [0, 0.05) is 0 Å². The second-order valence-electron chi connectivity index (χ2n) is 2.98. The Morgan fingerprint density at radius 3 is 2.82 bits per heavy atom. The number of oxime groups is 1. The number of anilines is 1. The van der Waals surface area contributed by atoms with Crippen LogP contribution in [0.3, 0.4) is 0 Å². The first kappa shape index (κ1) is 12.8. The fourth-order valence-corrected chi connectivity index (χ4v) is 0.995. The zero-order valence-electron chi connectivity index (χ0n) is 8.25. The lowest BCUT2D eigenvalue weighted by Gasteiger charge is -2.07. The number of rotatable bonds is 3. The molecule has 0 aliphatic carbocycles. The van der Waals surface area contributed by atoms with E-state index in [9.17, 15) is 18.0 Å². The van der Waals surface area contributed by atoms with Crippen molar-refractivity contribution in [1.29, 1.82) is 0 Å². The maximum Gasteiger partial charge on any atom is 0.397 e. The summed E-state index contributed by atoms with van der Waals surface area (Å²) in [5.74, 6) is -1.84. The molecule has 0 radical (unpaired) electrons. The quantitative estimate of drug-likeness (QED) is 0.269. The zero-order chi connectivity index (χ0) is 13.1. The van der Waals surface area contributed by atoms with Crippen molar-refractivity contribution >= 4 is 17.6 Å². The number of hydrogen-bond acceptors (Lipinski definition) is 4. The third kappa shape index (κ3) is 3.66. The number of carbonyl (C=O) groups is 1. The van der Waals surface area contributed by atoms with Crippen molar-refractivity contribution in [2.75, 3.05) is 5.32 Å². The van der Waals surface area contributed by atoms with E-state index in [-0.39, 0.29) is 17.2 Å². The summed E-state index contributed by atoms with van der Waals surface area (Å²) in [6.07, 6.45) is -5.15. The van der Waals surface area contributed by atoms with Crippen molar-refractivity contribution in [2.24, 2.45) is 10.9 Å². The van der Waals surface area contributed by atoms with Crippen LogP contribution in [0.25, 0.3) is 0 Å². The predicted octanol–water partition coefficient (Wildman–Crippen LogP) is 0.395. The largest absolute Gasteiger partial charge is 0.409 e. The van der Waals surface area contributed by atoms with Crippen molar-refractivity contribution < 1.29 is 23.2 Å². The number of halogens is 3. The number of nitrogens with zero attached hydrogens (tertiary/aromatic N) is 2. The number of H-pyrrole nitrogens is 1. The Kier molecular flexibility index (Phi) is 3.55. The zero-order valence-corrected chi connectivity index (χ0v) is 8.25. The van der Waals surface area contributed by atoms with Crippen LogP contribution >= 0.6 is 0 Å². The summed E-state index contributed by atoms with van der Waals surface area (Å²) in [6, 6.07) is 0. The molecule has 1 rings (SSSR count). The van der Waals surface area contributed by atoms with Crippen LogP contribution in [0.15, 0.2) is 11.4 Å². The molecular weight excluding hydrogens is 243 g/mol. The van der Waals surface area contributed by atoms with E-state index in [4.69, 9.17) is 10.9 Å². The van der Waals surface area contributed by atoms with Gasteiger partial charge in [-0.15, -0.1) is 0 Å². The highest BCUT2D eigenvalue weighted by atomic mass is 19.4. The maximum absolute atomic E-state index is 11.9. The number of carbonyl (C=O) groups excluding carboxylic acids is 1. The summed E-state index contributed by atoms with van der Waals surface area (Å²) in [4.78, 5) is 11.0. The molecule has 0 bridgehead atoms. The number of nitrogens with one attached hydrogen (secondary N) is 2. The van der Waals surface area contributed by atoms with E-state index >= 15 is 0 Å². The third-order valence-electron chi connectivity index (χ3n) is 1.65. The molecule has 0 aliphatic heterocycles. The number of amidine groups is 1. The van der Waals surface area contributed by atoms with Crippen LogP contribution in [0.5, 0.6) is 0 Å². The van der Waals surface area contributed by atoms with Crippen molar-refractivity contribution in [3.8, 4) is 0 Å². The monoisotopic (exact) mass is 251 g/mol. The fraction of sp³-hybridized carbons (Fsp3) is 0.286. The third-order valence-corrected chi connectivity index (χ3v) is 1.65. The average Bonchev–Trinajstić information content (AvgIpc) is 2.61. The normalized spacial score (nSPS) is 12.5. The molecule has 0 aromatic carbocycles. The number of aromatic nitrogens is 2. The molecule has 0 spiro atoms. The smallest absolute Gasteiger partial charge is 0.397 e. The van der Waals surface area contributed by atoms with Crippen LogP contribution in [-0.2, 0) is 4.79 Å². The van der Waals surface area contributed by atoms with E-state index in [1.165, 1.54) is 0 Å². The summed E-state index contributed by atoms with van der Waals surface area (Å²) in [5.41, 5.74) is 5.20. The second kappa shape index (κ2) is 4.72. The van der Waals surface area contributed by atoms with Gasteiger partial charge in [-0.2, -0.15) is 18.3 Å². The fourth-order valence-electron chi connectivity index (χ4n) is 0.995. The number of aromatic amines is 1. The molecule has 10 heteroatoms. The van der Waals surface area contributed by atoms with Crippen LogP contribution in [0.2, 0.25) is 0 Å². The highest BCUT2D eigenvalue weighted by Gasteiger charge is 2.31. The summed E-state index contributed by atoms with van der Waals surface area (Å²) >= 11 is 0. The Labute approximate surface area is 92.5 Å². The highest BCUT2D eigenvalue weighted by molar-refractivity contribution is 6.04. The van der Waals surface area contributed by atoms with Gasteiger partial charge in [-0.3, -0.25) is 9.89 Å². The van der Waals surface area contributed by atoms with Crippen LogP contribution in [0.4, 0.5) is 19.0 Å². The van der Waals surface area contributed by atoms with Gasteiger partial charge < -0.3 is 16.3 Å². The molecule has 0 aliphatic rings. The predicted molar refractivity (Wildman–Crippen MR) is 50.4 cm³/mol. The van der Waals surface area contributed by atoms with Crippen LogP contribution in [-0.4, -0.2) is 33.3 Å². The van der Waals surface area contributed by atoms with Gasteiger partial charge in [-0.1, -0.05) is 5.16 Å². The van der Waals surface area contributed by atoms with Crippen LogP contribution in [0, 0.1) is 0 Å². The van der Waals surface area contributed by atoms with Gasteiger partial charge in [-0.05, 0) is 0 Å². The molecule has 0 unspecified atom stereocenters. The van der Waals surface area contributed by atoms with Crippen molar-refractivity contribution in [1.82, 2.24) is 10.2 Å². The molecule has 0 saturated heterocycles. The van der Waals surface area contributed by atoms with Gasteiger partial charge in [-0.25, -0.2) is 0 Å². The number of alkyl halides is 3. The van der Waals surface area contributed by atoms with E-state index in [0.29, 0.717) is 0 Å². The molecule has 5 N–H and O–H groups in total. The number of nitrogens with two attached hydrogens (primary N) is 1. The van der Waals surface area contributed by atoms with Crippen LogP contribution < -0.4 is 11.1 Å². The van der Waals surface area contributed by atoms with E-state index in [1.807, 2.05) is 5.32 Å². The first-order valence-corrected chi connectivity index (χ1v) is 4.21. The number of amides is 1. The van der Waals surface area contributed by atoms with Gasteiger partial charge in [0.05, 0.1) is 11.8 Å². The molecule has 17 heavy (non-hydrogen) atoms. The minimum Gasteiger partial charge on any atom is -0.409 e. The minimum atomic E-state index is -4.61. The summed E-state index contributed by atoms with van der Waals surface area (Å²) < 4.78 is 35.7. The molecule has 94 valence electrons. The lowest BCUT2D eigenvalue weighted by atomic mass is 10.3. The van der Waals surface area contributed by atoms with Crippen molar-refractivity contribution in [3.63, 3.8) is 0 Å². The lowest BCUT2D eigenvalue weighted by molar-refractivity contribution is -0.150. The first-order chi connectivity index (χ1) is 7.83. The van der Waals surface area contributed by atoms with Gasteiger partial charge in [0.1, 0.15) is 12.2 Å². The molecular formula is C7H8F3N5O2. The van der Waals surface area contributed by atoms with Gasteiger partial charge >= 0.3 is 6.18 Å². The molecule has 0 fully saturated rings. The minimum absolute atomic E-state index is 0.0111. The van der Waals surface area contributed by atoms with Gasteiger partial charge in [0.2, 0.25) is 5.91 Å². The maximum atomic E-state index is 11.9. The van der Waals surface area contributed by atoms with E-state index in [0.717, 1.165) is 6.20 Å². The summed E-state index contributed by atoms with van der Waals surface area (Å²) in [6.45, 7) is 0. The van der Waals surface area contributed by atoms with E-state index in [2.05, 4.69) is 15.4 Å². The van der Waals surface area contributed by atoms with Crippen LogP contribution in [0.1, 0.15) is 12.0 Å². The molecule has 1 heterocycles. The van der Waals surface area contributed by atoms with E-state index in [1.54, 1.807) is 0 Å². The Hall–Kier alpha value is -2.26. The van der Waals surface area contributed by atoms with Gasteiger partial charge in [0.15, 0.2) is 5.84 Å². The highest BCUT2D eigenvalue weighted by Crippen LogP contribution is 2.20. The average molecular weight is 251 g/mol. The molecule has 1 aromatic rings. The van der Waals surface area contributed by atoms with E-state index < -0.39 is 18.5 Å². The molecule has 0 saturated carbocycles. The number of hydrogen-bond donors (Lipinski definition) is 4.